The predicted molar refractivity (Wildman–Crippen MR) is 136 cm³/mol. The van der Waals surface area contributed by atoms with Crippen LogP contribution in [0.15, 0.2) is 101 Å². The zero-order valence-corrected chi connectivity index (χ0v) is 18.7. The zero-order valence-electron chi connectivity index (χ0n) is 17.9. The van der Waals surface area contributed by atoms with E-state index in [1.807, 2.05) is 66.7 Å². The molecule has 5 rings (SSSR count). The first-order valence-electron chi connectivity index (χ1n) is 10.5. The maximum absolute atomic E-state index is 12.8. The summed E-state index contributed by atoms with van der Waals surface area (Å²) >= 11 is 5.89. The van der Waals surface area contributed by atoms with Crippen LogP contribution in [0.4, 0.5) is 5.69 Å². The second-order valence-corrected chi connectivity index (χ2v) is 8.00. The third kappa shape index (κ3) is 4.27. The molecule has 0 bridgehead atoms. The molecule has 0 atom stereocenters. The first-order chi connectivity index (χ1) is 16.6. The van der Waals surface area contributed by atoms with Crippen LogP contribution in [-0.4, -0.2) is 17.1 Å². The van der Waals surface area contributed by atoms with Gasteiger partial charge in [-0.3, -0.25) is 4.79 Å². The smallest absolute Gasteiger partial charge is 0.309 e. The highest BCUT2D eigenvalue weighted by molar-refractivity contribution is 6.30. The number of nitrogens with one attached hydrogen (secondary N) is 1. The number of carbonyl (C=O) groups excluding carboxylic acids is 1. The van der Waals surface area contributed by atoms with Gasteiger partial charge in [0.2, 0.25) is 11.5 Å². The van der Waals surface area contributed by atoms with E-state index < -0.39 is 5.91 Å². The van der Waals surface area contributed by atoms with E-state index in [9.17, 15) is 4.79 Å². The molecule has 2 heterocycles. The minimum Gasteiger partial charge on any atom is -0.430 e. The van der Waals surface area contributed by atoms with Gasteiger partial charge in [0.25, 0.3) is 0 Å². The Kier molecular flexibility index (Phi) is 5.81. The van der Waals surface area contributed by atoms with Crippen LogP contribution in [0.25, 0.3) is 33.5 Å². The molecular formula is C27H19ClN4O2. The predicted octanol–water partition coefficient (Wildman–Crippen LogP) is 6.16. The van der Waals surface area contributed by atoms with Crippen LogP contribution in [-0.2, 0) is 0 Å². The number of nitrogens with zero attached hydrogens (tertiary/aromatic N) is 2. The number of fused-ring (bicyclic) bond motifs is 1. The average molecular weight is 467 g/mol. The Morgan fingerprint density at radius 3 is 2.26 bits per heavy atom. The number of carbonyl (C=O) groups is 1. The molecule has 7 heteroatoms. The van der Waals surface area contributed by atoms with E-state index in [0.29, 0.717) is 16.1 Å². The summed E-state index contributed by atoms with van der Waals surface area (Å²) in [6.07, 6.45) is 1.51. The molecule has 0 saturated carbocycles. The molecule has 0 saturated heterocycles. The van der Waals surface area contributed by atoms with Gasteiger partial charge in [0.05, 0.1) is 23.0 Å². The first kappa shape index (κ1) is 21.4. The summed E-state index contributed by atoms with van der Waals surface area (Å²) in [5.74, 6) is -0.612. The molecule has 0 spiro atoms. The minimum absolute atomic E-state index is 0.0434. The van der Waals surface area contributed by atoms with Gasteiger partial charge in [-0.05, 0) is 34.9 Å². The maximum atomic E-state index is 12.8. The van der Waals surface area contributed by atoms with Gasteiger partial charge in [-0.2, -0.15) is 5.10 Å². The molecule has 166 valence electrons. The average Bonchev–Trinajstić information content (AvgIpc) is 3.22. The van der Waals surface area contributed by atoms with Crippen molar-refractivity contribution in [1.29, 1.82) is 0 Å². The number of hydrazone groups is 1. The number of rotatable bonds is 5. The molecule has 0 aliphatic carbocycles. The molecule has 0 unspecified atom stereocenters. The zero-order chi connectivity index (χ0) is 23.5. The van der Waals surface area contributed by atoms with Crippen molar-refractivity contribution in [2.45, 2.75) is 0 Å². The summed E-state index contributed by atoms with van der Waals surface area (Å²) in [4.78, 5) is 17.5. The van der Waals surface area contributed by atoms with Gasteiger partial charge in [0.15, 0.2) is 0 Å². The summed E-state index contributed by atoms with van der Waals surface area (Å²) in [5, 5.41) is 5.20. The Balaban J connectivity index is 1.55. The van der Waals surface area contributed by atoms with Crippen molar-refractivity contribution in [2.24, 2.45) is 5.10 Å². The third-order valence-electron chi connectivity index (χ3n) is 5.31. The molecular weight excluding hydrogens is 448 g/mol. The van der Waals surface area contributed by atoms with Crippen LogP contribution in [0.2, 0.25) is 5.02 Å². The summed E-state index contributed by atoms with van der Waals surface area (Å²) < 4.78 is 5.86. The Labute approximate surface area is 200 Å². The van der Waals surface area contributed by atoms with E-state index in [4.69, 9.17) is 21.8 Å². The van der Waals surface area contributed by atoms with E-state index in [1.54, 1.807) is 24.3 Å². The summed E-state index contributed by atoms with van der Waals surface area (Å²) in [7, 11) is 0. The van der Waals surface area contributed by atoms with Gasteiger partial charge in [-0.25, -0.2) is 10.4 Å². The van der Waals surface area contributed by atoms with E-state index in [-0.39, 0.29) is 17.2 Å². The van der Waals surface area contributed by atoms with E-state index in [2.05, 4.69) is 15.5 Å². The topological polar surface area (TPSA) is 93.5 Å². The van der Waals surface area contributed by atoms with Crippen molar-refractivity contribution >= 4 is 40.5 Å². The van der Waals surface area contributed by atoms with Gasteiger partial charge in [-0.15, -0.1) is 0 Å². The van der Waals surface area contributed by atoms with Crippen LogP contribution in [0, 0.1) is 0 Å². The monoisotopic (exact) mass is 466 g/mol. The number of aromatic nitrogens is 1. The molecule has 0 fully saturated rings. The molecule has 0 aliphatic heterocycles. The molecule has 3 aromatic carbocycles. The van der Waals surface area contributed by atoms with Gasteiger partial charge in [-0.1, -0.05) is 84.4 Å². The Hall–Kier alpha value is -4.42. The lowest BCUT2D eigenvalue weighted by Gasteiger charge is -2.07. The maximum Gasteiger partial charge on any atom is 0.309 e. The van der Waals surface area contributed by atoms with Crippen molar-refractivity contribution in [3.8, 4) is 22.4 Å². The summed E-state index contributed by atoms with van der Waals surface area (Å²) in [6, 6.07) is 28.6. The van der Waals surface area contributed by atoms with Crippen molar-refractivity contribution in [1.82, 2.24) is 10.4 Å². The van der Waals surface area contributed by atoms with E-state index >= 15 is 0 Å². The number of nitrogens with two attached hydrogens (primary N) is 1. The van der Waals surface area contributed by atoms with Crippen molar-refractivity contribution in [2.75, 3.05) is 5.73 Å². The number of hydrogen-bond acceptors (Lipinski definition) is 5. The van der Waals surface area contributed by atoms with Crippen molar-refractivity contribution in [3.63, 3.8) is 0 Å². The van der Waals surface area contributed by atoms with Crippen LogP contribution in [0.5, 0.6) is 0 Å². The van der Waals surface area contributed by atoms with Gasteiger partial charge >= 0.3 is 5.91 Å². The van der Waals surface area contributed by atoms with Gasteiger partial charge in [0.1, 0.15) is 0 Å². The highest BCUT2D eigenvalue weighted by Gasteiger charge is 2.23. The fourth-order valence-electron chi connectivity index (χ4n) is 3.66. The lowest BCUT2D eigenvalue weighted by atomic mass is 9.99. The molecule has 2 aromatic heterocycles. The van der Waals surface area contributed by atoms with Crippen molar-refractivity contribution in [3.05, 3.63) is 107 Å². The highest BCUT2D eigenvalue weighted by Crippen LogP contribution is 2.38. The number of hydrogen-bond donors (Lipinski definition) is 2. The molecule has 6 nitrogen and oxygen atoms in total. The number of nitrogen functional groups attached to an aromatic ring is 1. The second kappa shape index (κ2) is 9.21. The fraction of sp³-hybridized carbons (Fsp3) is 0. The van der Waals surface area contributed by atoms with E-state index in [1.165, 1.54) is 6.21 Å². The molecule has 1 amide bonds. The second-order valence-electron chi connectivity index (χ2n) is 7.56. The molecule has 34 heavy (non-hydrogen) atoms. The molecule has 3 N–H and O–H groups in total. The molecule has 0 aliphatic rings. The fourth-order valence-corrected chi connectivity index (χ4v) is 3.78. The lowest BCUT2D eigenvalue weighted by molar-refractivity contribution is 0.0930. The number of furan rings is 1. The van der Waals surface area contributed by atoms with Crippen LogP contribution < -0.4 is 11.2 Å². The Bertz CT molecular complexity index is 1500. The number of halogens is 1. The normalized spacial score (nSPS) is 11.2. The van der Waals surface area contributed by atoms with Gasteiger partial charge in [0, 0.05) is 10.6 Å². The SMILES string of the molecule is Nc1c(C(=O)N/N=C/c2ccc(Cl)cc2)oc2nc(-c3ccccc3)cc(-c3ccccc3)c12. The first-order valence-corrected chi connectivity index (χ1v) is 10.9. The van der Waals surface area contributed by atoms with Crippen molar-refractivity contribution < 1.29 is 9.21 Å². The standard InChI is InChI=1S/C27H19ClN4O2/c28-20-13-11-17(12-14-20)16-30-32-26(33)25-24(29)23-21(18-7-3-1-4-8-18)15-22(31-27(23)34-25)19-9-5-2-6-10-19/h1-16H,29H2,(H,32,33)/b30-16+. The summed E-state index contributed by atoms with van der Waals surface area (Å²) in [5.41, 5.74) is 13.5. The minimum atomic E-state index is -0.569. The van der Waals surface area contributed by atoms with Gasteiger partial charge < -0.3 is 10.2 Å². The van der Waals surface area contributed by atoms with Crippen LogP contribution in [0.3, 0.4) is 0 Å². The number of pyridine rings is 1. The molecule has 5 aromatic rings. The number of benzene rings is 3. The molecule has 0 radical (unpaired) electrons. The van der Waals surface area contributed by atoms with Crippen LogP contribution >= 0.6 is 11.6 Å². The highest BCUT2D eigenvalue weighted by atomic mass is 35.5. The Morgan fingerprint density at radius 2 is 1.59 bits per heavy atom. The lowest BCUT2D eigenvalue weighted by Crippen LogP contribution is -2.18. The van der Waals surface area contributed by atoms with Crippen LogP contribution in [0.1, 0.15) is 16.1 Å². The van der Waals surface area contributed by atoms with E-state index in [0.717, 1.165) is 22.3 Å². The third-order valence-corrected chi connectivity index (χ3v) is 5.56. The largest absolute Gasteiger partial charge is 0.430 e. The Morgan fingerprint density at radius 1 is 0.941 bits per heavy atom. The number of anilines is 1. The quantitative estimate of drug-likeness (QED) is 0.239. The summed E-state index contributed by atoms with van der Waals surface area (Å²) in [6.45, 7) is 0. The number of amides is 1.